The number of amides is 1. The van der Waals surface area contributed by atoms with Gasteiger partial charge in [-0.15, -0.1) is 0 Å². The Kier molecular flexibility index (Phi) is 4.12. The Labute approximate surface area is 119 Å². The molecule has 2 atom stereocenters. The maximum absolute atomic E-state index is 12.5. The highest BCUT2D eigenvalue weighted by Crippen LogP contribution is 2.48. The molecule has 0 aliphatic heterocycles. The van der Waals surface area contributed by atoms with Gasteiger partial charge in [0.2, 0.25) is 5.91 Å². The van der Waals surface area contributed by atoms with Crippen LogP contribution in [0.25, 0.3) is 0 Å². The third kappa shape index (κ3) is 2.69. The smallest absolute Gasteiger partial charge is 0.326 e. The second-order valence-electron chi connectivity index (χ2n) is 5.62. The normalized spacial score (nSPS) is 18.9. The lowest BCUT2D eigenvalue weighted by molar-refractivity contribution is -0.143. The fourth-order valence-corrected chi connectivity index (χ4v) is 2.49. The van der Waals surface area contributed by atoms with Crippen LogP contribution in [0.5, 0.6) is 0 Å². The molecule has 0 saturated heterocycles. The third-order valence-electron chi connectivity index (χ3n) is 4.28. The summed E-state index contributed by atoms with van der Waals surface area (Å²) in [6.07, 6.45) is 2.29. The predicted molar refractivity (Wildman–Crippen MR) is 76.4 cm³/mol. The van der Waals surface area contributed by atoms with Gasteiger partial charge in [0.25, 0.3) is 0 Å². The van der Waals surface area contributed by atoms with E-state index in [1.807, 2.05) is 44.2 Å². The molecule has 0 radical (unpaired) electrons. The first-order chi connectivity index (χ1) is 9.51. The molecule has 1 aromatic carbocycles. The Hall–Kier alpha value is -1.84. The molecule has 1 aromatic rings. The zero-order valence-corrected chi connectivity index (χ0v) is 11.9. The molecule has 20 heavy (non-hydrogen) atoms. The summed E-state index contributed by atoms with van der Waals surface area (Å²) >= 11 is 0. The van der Waals surface area contributed by atoms with E-state index in [0.717, 1.165) is 24.8 Å². The third-order valence-corrected chi connectivity index (χ3v) is 4.28. The SMILES string of the molecule is CC[C@H](C)[C@H](NC(=O)C1(c2ccccc2)CC1)C(=O)O. The molecule has 2 rings (SSSR count). The van der Waals surface area contributed by atoms with E-state index < -0.39 is 17.4 Å². The molecule has 1 aliphatic rings. The molecule has 0 aromatic heterocycles. The van der Waals surface area contributed by atoms with Crippen LogP contribution < -0.4 is 5.32 Å². The molecule has 1 aliphatic carbocycles. The first kappa shape index (κ1) is 14.6. The van der Waals surface area contributed by atoms with Gasteiger partial charge in [-0.2, -0.15) is 0 Å². The molecule has 0 spiro atoms. The van der Waals surface area contributed by atoms with Crippen LogP contribution in [0.1, 0.15) is 38.7 Å². The van der Waals surface area contributed by atoms with E-state index in [1.54, 1.807) is 0 Å². The number of carboxylic acids is 1. The summed E-state index contributed by atoms with van der Waals surface area (Å²) in [7, 11) is 0. The van der Waals surface area contributed by atoms with Gasteiger partial charge in [-0.1, -0.05) is 50.6 Å². The zero-order chi connectivity index (χ0) is 14.8. The zero-order valence-electron chi connectivity index (χ0n) is 11.9. The lowest BCUT2D eigenvalue weighted by atomic mass is 9.93. The van der Waals surface area contributed by atoms with Crippen molar-refractivity contribution in [2.45, 2.75) is 44.6 Å². The molecule has 1 fully saturated rings. The molecule has 2 N–H and O–H groups in total. The highest BCUT2D eigenvalue weighted by molar-refractivity contribution is 5.94. The number of hydrogen-bond donors (Lipinski definition) is 2. The second-order valence-corrected chi connectivity index (χ2v) is 5.62. The number of carboxylic acid groups (broad SMARTS) is 1. The average Bonchev–Trinajstić information content (AvgIpc) is 3.26. The van der Waals surface area contributed by atoms with Gasteiger partial charge in [0.05, 0.1) is 5.41 Å². The van der Waals surface area contributed by atoms with Crippen molar-refractivity contribution in [1.82, 2.24) is 5.32 Å². The minimum atomic E-state index is -0.962. The Balaban J connectivity index is 2.14. The summed E-state index contributed by atoms with van der Waals surface area (Å²) in [4.78, 5) is 23.8. The maximum Gasteiger partial charge on any atom is 0.326 e. The van der Waals surface area contributed by atoms with Crippen molar-refractivity contribution >= 4 is 11.9 Å². The van der Waals surface area contributed by atoms with Crippen molar-refractivity contribution in [3.8, 4) is 0 Å². The van der Waals surface area contributed by atoms with E-state index in [2.05, 4.69) is 5.32 Å². The van der Waals surface area contributed by atoms with Crippen LogP contribution in [-0.4, -0.2) is 23.0 Å². The number of aliphatic carboxylic acids is 1. The Morgan fingerprint density at radius 2 is 1.90 bits per heavy atom. The van der Waals surface area contributed by atoms with E-state index in [9.17, 15) is 14.7 Å². The second kappa shape index (κ2) is 5.65. The van der Waals surface area contributed by atoms with Crippen molar-refractivity contribution in [3.63, 3.8) is 0 Å². The Bertz CT molecular complexity index is 494. The van der Waals surface area contributed by atoms with Crippen molar-refractivity contribution < 1.29 is 14.7 Å². The Morgan fingerprint density at radius 1 is 1.30 bits per heavy atom. The molecule has 1 amide bonds. The van der Waals surface area contributed by atoms with Gasteiger partial charge in [0.15, 0.2) is 0 Å². The molecule has 0 heterocycles. The number of hydrogen-bond acceptors (Lipinski definition) is 2. The summed E-state index contributed by atoms with van der Waals surface area (Å²) in [5.41, 5.74) is 0.466. The summed E-state index contributed by atoms with van der Waals surface area (Å²) in [6.45, 7) is 3.78. The van der Waals surface area contributed by atoms with E-state index in [0.29, 0.717) is 0 Å². The Morgan fingerprint density at radius 3 is 2.35 bits per heavy atom. The fourth-order valence-electron chi connectivity index (χ4n) is 2.49. The minimum absolute atomic E-state index is 0.0805. The van der Waals surface area contributed by atoms with E-state index in [4.69, 9.17) is 0 Å². The number of nitrogens with one attached hydrogen (secondary N) is 1. The lowest BCUT2D eigenvalue weighted by Gasteiger charge is -2.23. The van der Waals surface area contributed by atoms with Crippen LogP contribution in [0.2, 0.25) is 0 Å². The van der Waals surface area contributed by atoms with Crippen molar-refractivity contribution in [3.05, 3.63) is 35.9 Å². The summed E-state index contributed by atoms with van der Waals surface area (Å²) < 4.78 is 0. The topological polar surface area (TPSA) is 66.4 Å². The van der Waals surface area contributed by atoms with Crippen LogP contribution in [0, 0.1) is 5.92 Å². The standard InChI is InChI=1S/C16H21NO3/c1-3-11(2)13(14(18)19)17-15(20)16(9-10-16)12-7-5-4-6-8-12/h4-8,11,13H,3,9-10H2,1-2H3,(H,17,20)(H,18,19)/t11-,13-/m0/s1. The van der Waals surface area contributed by atoms with Gasteiger partial charge < -0.3 is 10.4 Å². The van der Waals surface area contributed by atoms with Gasteiger partial charge in [-0.3, -0.25) is 4.79 Å². The molecular weight excluding hydrogens is 254 g/mol. The number of carbonyl (C=O) groups excluding carboxylic acids is 1. The van der Waals surface area contributed by atoms with Gasteiger partial charge in [0, 0.05) is 0 Å². The first-order valence-corrected chi connectivity index (χ1v) is 7.10. The largest absolute Gasteiger partial charge is 0.480 e. The highest BCUT2D eigenvalue weighted by Gasteiger charge is 2.52. The monoisotopic (exact) mass is 275 g/mol. The van der Waals surface area contributed by atoms with E-state index in [1.165, 1.54) is 0 Å². The number of carbonyl (C=O) groups is 2. The summed E-state index contributed by atoms with van der Waals surface area (Å²) in [5, 5.41) is 12.0. The van der Waals surface area contributed by atoms with E-state index >= 15 is 0 Å². The summed E-state index contributed by atoms with van der Waals surface area (Å²) in [5.74, 6) is -1.20. The molecule has 4 nitrogen and oxygen atoms in total. The quantitative estimate of drug-likeness (QED) is 0.837. The first-order valence-electron chi connectivity index (χ1n) is 7.10. The molecule has 0 unspecified atom stereocenters. The van der Waals surface area contributed by atoms with Crippen LogP contribution in [0.3, 0.4) is 0 Å². The highest BCUT2D eigenvalue weighted by atomic mass is 16.4. The van der Waals surface area contributed by atoms with Gasteiger partial charge in [-0.25, -0.2) is 4.79 Å². The molecule has 108 valence electrons. The van der Waals surface area contributed by atoms with Gasteiger partial charge in [0.1, 0.15) is 6.04 Å². The average molecular weight is 275 g/mol. The summed E-state index contributed by atoms with van der Waals surface area (Å²) in [6, 6.07) is 8.79. The fraction of sp³-hybridized carbons (Fsp3) is 0.500. The van der Waals surface area contributed by atoms with Crippen molar-refractivity contribution in [2.75, 3.05) is 0 Å². The number of benzene rings is 1. The molecule has 0 bridgehead atoms. The predicted octanol–water partition coefficient (Wildman–Crippen LogP) is 2.33. The van der Waals surface area contributed by atoms with Crippen molar-refractivity contribution in [1.29, 1.82) is 0 Å². The van der Waals surface area contributed by atoms with Crippen LogP contribution >= 0.6 is 0 Å². The van der Waals surface area contributed by atoms with Crippen LogP contribution in [0.4, 0.5) is 0 Å². The van der Waals surface area contributed by atoms with Crippen LogP contribution in [0.15, 0.2) is 30.3 Å². The van der Waals surface area contributed by atoms with Crippen LogP contribution in [-0.2, 0) is 15.0 Å². The molecule has 1 saturated carbocycles. The number of rotatable bonds is 6. The lowest BCUT2D eigenvalue weighted by Crippen LogP contribution is -2.48. The van der Waals surface area contributed by atoms with Gasteiger partial charge >= 0.3 is 5.97 Å². The molecular formula is C16H21NO3. The molecule has 4 heteroatoms. The minimum Gasteiger partial charge on any atom is -0.480 e. The maximum atomic E-state index is 12.5. The van der Waals surface area contributed by atoms with Gasteiger partial charge in [-0.05, 0) is 24.3 Å². The van der Waals surface area contributed by atoms with E-state index in [-0.39, 0.29) is 11.8 Å². The van der Waals surface area contributed by atoms with Crippen molar-refractivity contribution in [2.24, 2.45) is 5.92 Å².